The molecule has 2 heterocycles. The van der Waals surface area contributed by atoms with E-state index in [0.717, 1.165) is 58.0 Å². The van der Waals surface area contributed by atoms with Crippen molar-refractivity contribution in [3.05, 3.63) is 78.1 Å². The molecule has 0 unspecified atom stereocenters. The number of nitrogens with zero attached hydrogens (tertiary/aromatic N) is 1. The van der Waals surface area contributed by atoms with Gasteiger partial charge in [0.2, 0.25) is 0 Å². The lowest BCUT2D eigenvalue weighted by atomic mass is 9.99. The minimum atomic E-state index is 0.642. The van der Waals surface area contributed by atoms with Crippen molar-refractivity contribution >= 4 is 11.6 Å². The Morgan fingerprint density at radius 2 is 1.44 bits per heavy atom. The van der Waals surface area contributed by atoms with Crippen molar-refractivity contribution in [2.45, 2.75) is 26.7 Å². The van der Waals surface area contributed by atoms with Crippen LogP contribution in [0.25, 0.3) is 33.6 Å². The molecule has 0 aliphatic rings. The summed E-state index contributed by atoms with van der Waals surface area (Å²) in [5, 5.41) is 0.712. The molecule has 0 radical (unpaired) electrons. The first-order chi connectivity index (χ1) is 15.7. The lowest BCUT2D eigenvalue weighted by Gasteiger charge is -2.16. The van der Waals surface area contributed by atoms with Gasteiger partial charge in [-0.2, -0.15) is 0 Å². The Morgan fingerprint density at radius 3 is 2.03 bits per heavy atom. The summed E-state index contributed by atoms with van der Waals surface area (Å²) in [6.45, 7) is 5.50. The second kappa shape index (κ2) is 10.4. The number of hydrogen-bond acceptors (Lipinski definition) is 3. The molecule has 4 nitrogen and oxygen atoms in total. The fraction of sp³-hybridized carbons (Fsp3) is 0.222. The predicted molar refractivity (Wildman–Crippen MR) is 131 cm³/mol. The summed E-state index contributed by atoms with van der Waals surface area (Å²) in [5.74, 6) is 1.63. The molecule has 0 aliphatic carbocycles. The van der Waals surface area contributed by atoms with Crippen LogP contribution >= 0.6 is 11.6 Å². The molecule has 0 atom stereocenters. The molecule has 0 saturated carbocycles. The molecule has 1 N–H and O–H groups in total. The molecule has 0 amide bonds. The first-order valence-electron chi connectivity index (χ1n) is 11.0. The van der Waals surface area contributed by atoms with Crippen LogP contribution in [-0.4, -0.2) is 23.2 Å². The maximum Gasteiger partial charge on any atom is 0.130 e. The number of hydrogen-bond donors (Lipinski definition) is 1. The van der Waals surface area contributed by atoms with Crippen molar-refractivity contribution < 1.29 is 9.47 Å². The zero-order valence-corrected chi connectivity index (χ0v) is 19.2. The van der Waals surface area contributed by atoms with Crippen molar-refractivity contribution in [3.63, 3.8) is 0 Å². The fourth-order valence-corrected chi connectivity index (χ4v) is 3.75. The number of aromatic nitrogens is 2. The first-order valence-corrected chi connectivity index (χ1v) is 11.4. The highest BCUT2D eigenvalue weighted by Gasteiger charge is 2.21. The summed E-state index contributed by atoms with van der Waals surface area (Å²) >= 11 is 6.12. The molecular formula is C27H27ClN2O2. The summed E-state index contributed by atoms with van der Waals surface area (Å²) in [6, 6.07) is 20.0. The molecule has 2 aromatic carbocycles. The Hall–Kier alpha value is -3.24. The van der Waals surface area contributed by atoms with E-state index in [0.29, 0.717) is 18.2 Å². The third-order valence-electron chi connectivity index (χ3n) is 5.12. The molecule has 0 saturated heterocycles. The van der Waals surface area contributed by atoms with Crippen molar-refractivity contribution in [1.29, 1.82) is 0 Å². The molecule has 32 heavy (non-hydrogen) atoms. The number of benzene rings is 2. The van der Waals surface area contributed by atoms with E-state index in [1.54, 1.807) is 12.4 Å². The van der Waals surface area contributed by atoms with Crippen LogP contribution in [0.15, 0.2) is 73.1 Å². The minimum absolute atomic E-state index is 0.642. The van der Waals surface area contributed by atoms with Gasteiger partial charge in [-0.25, -0.2) is 0 Å². The third-order valence-corrected chi connectivity index (χ3v) is 5.37. The molecule has 0 bridgehead atoms. The van der Waals surface area contributed by atoms with Gasteiger partial charge in [0.05, 0.1) is 24.5 Å². The summed E-state index contributed by atoms with van der Waals surface area (Å²) in [5.41, 5.74) is 6.07. The second-order valence-electron chi connectivity index (χ2n) is 7.54. The van der Waals surface area contributed by atoms with E-state index < -0.39 is 0 Å². The van der Waals surface area contributed by atoms with Gasteiger partial charge in [0.15, 0.2) is 0 Å². The predicted octanol–water partition coefficient (Wildman–Crippen LogP) is 7.64. The van der Waals surface area contributed by atoms with Crippen LogP contribution in [0.4, 0.5) is 0 Å². The zero-order valence-electron chi connectivity index (χ0n) is 18.4. The van der Waals surface area contributed by atoms with Gasteiger partial charge in [-0.05, 0) is 60.9 Å². The quantitative estimate of drug-likeness (QED) is 0.287. The van der Waals surface area contributed by atoms with Gasteiger partial charge >= 0.3 is 0 Å². The van der Waals surface area contributed by atoms with Crippen LogP contribution in [0.1, 0.15) is 26.7 Å². The average molecular weight is 447 g/mol. The standard InChI is InChI=1S/C27H27ClN2O2/c1-3-16-31-24-6-5-7-25(32-17-4-2)26(24)22-18-23(19-8-10-21(28)11-9-19)30-27(22)20-12-14-29-15-13-20/h5-15,18,30H,3-4,16-17H2,1-2H3. The number of halogens is 1. The number of aromatic amines is 1. The van der Waals surface area contributed by atoms with E-state index in [-0.39, 0.29) is 0 Å². The molecule has 0 aliphatic heterocycles. The molecule has 0 spiro atoms. The smallest absolute Gasteiger partial charge is 0.130 e. The van der Waals surface area contributed by atoms with Gasteiger partial charge < -0.3 is 14.5 Å². The molecular weight excluding hydrogens is 420 g/mol. The monoisotopic (exact) mass is 446 g/mol. The van der Waals surface area contributed by atoms with Gasteiger partial charge in [0.1, 0.15) is 11.5 Å². The lowest BCUT2D eigenvalue weighted by Crippen LogP contribution is -2.01. The molecule has 4 rings (SSSR count). The molecule has 164 valence electrons. The van der Waals surface area contributed by atoms with Crippen LogP contribution in [0.3, 0.4) is 0 Å². The van der Waals surface area contributed by atoms with Crippen molar-refractivity contribution in [3.8, 4) is 45.1 Å². The largest absolute Gasteiger partial charge is 0.493 e. The van der Waals surface area contributed by atoms with Crippen molar-refractivity contribution in [2.75, 3.05) is 13.2 Å². The van der Waals surface area contributed by atoms with Gasteiger partial charge in [0.25, 0.3) is 0 Å². The second-order valence-corrected chi connectivity index (χ2v) is 7.98. The van der Waals surface area contributed by atoms with Crippen LogP contribution in [0.5, 0.6) is 11.5 Å². The first kappa shape index (κ1) is 22.0. The van der Waals surface area contributed by atoms with Gasteiger partial charge in [0, 0.05) is 34.2 Å². The highest BCUT2D eigenvalue weighted by molar-refractivity contribution is 6.30. The van der Waals surface area contributed by atoms with Crippen LogP contribution in [-0.2, 0) is 0 Å². The Kier molecular flexibility index (Phi) is 7.13. The SMILES string of the molecule is CCCOc1cccc(OCCC)c1-c1cc(-c2ccc(Cl)cc2)[nH]c1-c1ccncc1. The molecule has 2 aromatic heterocycles. The minimum Gasteiger partial charge on any atom is -0.493 e. The Bertz CT molecular complexity index is 1130. The van der Waals surface area contributed by atoms with E-state index in [4.69, 9.17) is 21.1 Å². The molecule has 4 aromatic rings. The summed E-state index contributed by atoms with van der Waals surface area (Å²) in [7, 11) is 0. The zero-order chi connectivity index (χ0) is 22.3. The van der Waals surface area contributed by atoms with E-state index in [2.05, 4.69) is 29.9 Å². The van der Waals surface area contributed by atoms with E-state index >= 15 is 0 Å². The highest BCUT2D eigenvalue weighted by atomic mass is 35.5. The van der Waals surface area contributed by atoms with E-state index in [1.807, 2.05) is 54.6 Å². The van der Waals surface area contributed by atoms with Gasteiger partial charge in [-0.3, -0.25) is 4.98 Å². The molecule has 0 fully saturated rings. The van der Waals surface area contributed by atoms with Gasteiger partial charge in [-0.15, -0.1) is 0 Å². The Labute approximate surface area is 194 Å². The van der Waals surface area contributed by atoms with Crippen LogP contribution < -0.4 is 9.47 Å². The number of ether oxygens (including phenoxy) is 2. The highest BCUT2D eigenvalue weighted by Crippen LogP contribution is 2.45. The third kappa shape index (κ3) is 4.81. The van der Waals surface area contributed by atoms with E-state index in [1.165, 1.54) is 0 Å². The number of rotatable bonds is 9. The van der Waals surface area contributed by atoms with Crippen molar-refractivity contribution in [1.82, 2.24) is 9.97 Å². The number of nitrogens with one attached hydrogen (secondary N) is 1. The Morgan fingerprint density at radius 1 is 0.812 bits per heavy atom. The van der Waals surface area contributed by atoms with Gasteiger partial charge in [-0.1, -0.05) is 43.6 Å². The fourth-order valence-electron chi connectivity index (χ4n) is 3.62. The summed E-state index contributed by atoms with van der Waals surface area (Å²) < 4.78 is 12.3. The Balaban J connectivity index is 1.92. The lowest BCUT2D eigenvalue weighted by molar-refractivity contribution is 0.304. The summed E-state index contributed by atoms with van der Waals surface area (Å²) in [6.07, 6.45) is 5.46. The van der Waals surface area contributed by atoms with E-state index in [9.17, 15) is 0 Å². The normalized spacial score (nSPS) is 10.8. The van der Waals surface area contributed by atoms with Crippen LogP contribution in [0, 0.1) is 0 Å². The maximum atomic E-state index is 6.16. The number of pyridine rings is 1. The summed E-state index contributed by atoms with van der Waals surface area (Å²) in [4.78, 5) is 7.80. The van der Waals surface area contributed by atoms with Crippen LogP contribution in [0.2, 0.25) is 5.02 Å². The average Bonchev–Trinajstić information content (AvgIpc) is 3.27. The molecule has 5 heteroatoms. The maximum absolute atomic E-state index is 6.16. The topological polar surface area (TPSA) is 47.1 Å². The number of H-pyrrole nitrogens is 1. The van der Waals surface area contributed by atoms with Crippen molar-refractivity contribution in [2.24, 2.45) is 0 Å².